The minimum Gasteiger partial charge on any atom is -0.378 e. The van der Waals surface area contributed by atoms with Gasteiger partial charge in [-0.3, -0.25) is 0 Å². The van der Waals surface area contributed by atoms with E-state index in [1.807, 2.05) is 6.92 Å². The predicted molar refractivity (Wildman–Crippen MR) is 62.6 cm³/mol. The van der Waals surface area contributed by atoms with Crippen LogP contribution in [0, 0.1) is 0 Å². The molecule has 1 heterocycles. The van der Waals surface area contributed by atoms with E-state index in [1.54, 1.807) is 6.07 Å². The van der Waals surface area contributed by atoms with E-state index in [-0.39, 0.29) is 12.1 Å². The summed E-state index contributed by atoms with van der Waals surface area (Å²) in [5, 5.41) is 12.9. The molecule has 1 aromatic heterocycles. The lowest BCUT2D eigenvalue weighted by Gasteiger charge is -2.35. The van der Waals surface area contributed by atoms with Gasteiger partial charge in [0.15, 0.2) is 0 Å². The standard InChI is InChI=1S/C11H16N4O2/c1-2-17-10-5-9(6-10)15-11(16)14-8-3-4-12-13-7-8/h3-4,7,9-10H,2,5-6H2,1H3,(H2,12,14,15,16). The molecule has 0 saturated heterocycles. The normalized spacial score (nSPS) is 22.6. The van der Waals surface area contributed by atoms with Crippen LogP contribution in [0.5, 0.6) is 0 Å². The molecule has 2 amide bonds. The van der Waals surface area contributed by atoms with Gasteiger partial charge in [0.05, 0.1) is 24.2 Å². The molecule has 1 aliphatic carbocycles. The summed E-state index contributed by atoms with van der Waals surface area (Å²) in [5.74, 6) is 0. The molecule has 0 spiro atoms. The second-order valence-electron chi connectivity index (χ2n) is 3.98. The van der Waals surface area contributed by atoms with Crippen LogP contribution in [0.2, 0.25) is 0 Å². The molecule has 6 heteroatoms. The average Bonchev–Trinajstić information content (AvgIpc) is 2.27. The van der Waals surface area contributed by atoms with Gasteiger partial charge in [-0.15, -0.1) is 0 Å². The van der Waals surface area contributed by atoms with E-state index in [9.17, 15) is 4.79 Å². The fourth-order valence-corrected chi connectivity index (χ4v) is 1.77. The highest BCUT2D eigenvalue weighted by atomic mass is 16.5. The molecule has 92 valence electrons. The van der Waals surface area contributed by atoms with E-state index in [1.165, 1.54) is 12.4 Å². The predicted octanol–water partition coefficient (Wildman–Crippen LogP) is 1.17. The molecule has 1 saturated carbocycles. The number of carbonyl (C=O) groups excluding carboxylic acids is 1. The van der Waals surface area contributed by atoms with Crippen molar-refractivity contribution in [1.29, 1.82) is 0 Å². The summed E-state index contributed by atoms with van der Waals surface area (Å²) in [4.78, 5) is 11.6. The number of ether oxygens (including phenoxy) is 1. The monoisotopic (exact) mass is 236 g/mol. The number of aromatic nitrogens is 2. The molecule has 0 atom stereocenters. The number of rotatable bonds is 4. The number of carbonyl (C=O) groups is 1. The maximum absolute atomic E-state index is 11.6. The van der Waals surface area contributed by atoms with Crippen LogP contribution in [0.15, 0.2) is 18.5 Å². The van der Waals surface area contributed by atoms with E-state index < -0.39 is 0 Å². The van der Waals surface area contributed by atoms with Gasteiger partial charge in [0.1, 0.15) is 0 Å². The van der Waals surface area contributed by atoms with Crippen molar-refractivity contribution < 1.29 is 9.53 Å². The highest BCUT2D eigenvalue weighted by Gasteiger charge is 2.30. The fraction of sp³-hybridized carbons (Fsp3) is 0.545. The maximum Gasteiger partial charge on any atom is 0.319 e. The summed E-state index contributed by atoms with van der Waals surface area (Å²) >= 11 is 0. The first-order chi connectivity index (χ1) is 8.28. The van der Waals surface area contributed by atoms with E-state index in [4.69, 9.17) is 4.74 Å². The Bertz CT molecular complexity index is 365. The Labute approximate surface area is 99.8 Å². The van der Waals surface area contributed by atoms with Crippen LogP contribution in [0.1, 0.15) is 19.8 Å². The first kappa shape index (κ1) is 11.8. The average molecular weight is 236 g/mol. The first-order valence-electron chi connectivity index (χ1n) is 5.73. The molecule has 0 bridgehead atoms. The van der Waals surface area contributed by atoms with E-state index in [0.717, 1.165) is 19.4 Å². The van der Waals surface area contributed by atoms with Crippen molar-refractivity contribution in [3.05, 3.63) is 18.5 Å². The van der Waals surface area contributed by atoms with E-state index in [0.29, 0.717) is 11.8 Å². The van der Waals surface area contributed by atoms with Gasteiger partial charge in [-0.25, -0.2) is 4.79 Å². The van der Waals surface area contributed by atoms with Crippen molar-refractivity contribution >= 4 is 11.7 Å². The second-order valence-corrected chi connectivity index (χ2v) is 3.98. The number of amides is 2. The van der Waals surface area contributed by atoms with Crippen LogP contribution in [0.3, 0.4) is 0 Å². The van der Waals surface area contributed by atoms with Crippen molar-refractivity contribution in [3.63, 3.8) is 0 Å². The van der Waals surface area contributed by atoms with Crippen molar-refractivity contribution in [2.45, 2.75) is 31.9 Å². The molecule has 1 fully saturated rings. The van der Waals surface area contributed by atoms with Crippen LogP contribution in [0.25, 0.3) is 0 Å². The molecule has 17 heavy (non-hydrogen) atoms. The van der Waals surface area contributed by atoms with Crippen LogP contribution in [-0.4, -0.2) is 35.0 Å². The zero-order valence-corrected chi connectivity index (χ0v) is 9.72. The van der Waals surface area contributed by atoms with Gasteiger partial charge in [-0.1, -0.05) is 0 Å². The molecule has 0 radical (unpaired) electrons. The zero-order valence-electron chi connectivity index (χ0n) is 9.72. The maximum atomic E-state index is 11.6. The van der Waals surface area contributed by atoms with Crippen LogP contribution in [0.4, 0.5) is 10.5 Å². The Morgan fingerprint density at radius 2 is 2.35 bits per heavy atom. The molecule has 2 N–H and O–H groups in total. The number of nitrogens with zero attached hydrogens (tertiary/aromatic N) is 2. The Morgan fingerprint density at radius 3 is 3.00 bits per heavy atom. The van der Waals surface area contributed by atoms with Gasteiger partial charge in [-0.05, 0) is 25.8 Å². The third-order valence-electron chi connectivity index (χ3n) is 2.67. The van der Waals surface area contributed by atoms with Gasteiger partial charge in [-0.2, -0.15) is 10.2 Å². The van der Waals surface area contributed by atoms with Crippen molar-refractivity contribution in [3.8, 4) is 0 Å². The topological polar surface area (TPSA) is 76.1 Å². The third-order valence-corrected chi connectivity index (χ3v) is 2.67. The summed E-state index contributed by atoms with van der Waals surface area (Å²) in [6.45, 7) is 2.70. The molecule has 1 aliphatic rings. The number of hydrogen-bond acceptors (Lipinski definition) is 4. The van der Waals surface area contributed by atoms with Crippen molar-refractivity contribution in [1.82, 2.24) is 15.5 Å². The van der Waals surface area contributed by atoms with Crippen molar-refractivity contribution in [2.24, 2.45) is 0 Å². The zero-order chi connectivity index (χ0) is 12.1. The number of nitrogens with one attached hydrogen (secondary N) is 2. The Kier molecular flexibility index (Phi) is 3.87. The summed E-state index contributed by atoms with van der Waals surface area (Å²) in [6.07, 6.45) is 5.10. The third kappa shape index (κ3) is 3.39. The molecule has 0 aromatic carbocycles. The number of anilines is 1. The van der Waals surface area contributed by atoms with E-state index >= 15 is 0 Å². The number of urea groups is 1. The molecule has 0 unspecified atom stereocenters. The lowest BCUT2D eigenvalue weighted by atomic mass is 9.89. The molecular formula is C11H16N4O2. The van der Waals surface area contributed by atoms with Gasteiger partial charge in [0, 0.05) is 12.6 Å². The fourth-order valence-electron chi connectivity index (χ4n) is 1.77. The van der Waals surface area contributed by atoms with E-state index in [2.05, 4.69) is 20.8 Å². The van der Waals surface area contributed by atoms with Gasteiger partial charge in [0.2, 0.25) is 0 Å². The lowest BCUT2D eigenvalue weighted by Crippen LogP contribution is -2.49. The summed E-state index contributed by atoms with van der Waals surface area (Å²) in [5.41, 5.74) is 0.637. The highest BCUT2D eigenvalue weighted by Crippen LogP contribution is 2.23. The number of hydrogen-bond donors (Lipinski definition) is 2. The van der Waals surface area contributed by atoms with Gasteiger partial charge >= 0.3 is 6.03 Å². The first-order valence-corrected chi connectivity index (χ1v) is 5.73. The molecule has 0 aliphatic heterocycles. The summed E-state index contributed by atoms with van der Waals surface area (Å²) in [6, 6.07) is 1.69. The Morgan fingerprint density at radius 1 is 1.53 bits per heavy atom. The molecule has 1 aromatic rings. The minimum absolute atomic E-state index is 0.210. The van der Waals surface area contributed by atoms with Gasteiger partial charge in [0.25, 0.3) is 0 Å². The summed E-state index contributed by atoms with van der Waals surface area (Å²) in [7, 11) is 0. The Balaban J connectivity index is 1.69. The van der Waals surface area contributed by atoms with Crippen LogP contribution in [-0.2, 0) is 4.74 Å². The molecule has 6 nitrogen and oxygen atoms in total. The van der Waals surface area contributed by atoms with Crippen molar-refractivity contribution in [2.75, 3.05) is 11.9 Å². The molecule has 2 rings (SSSR count). The van der Waals surface area contributed by atoms with Crippen LogP contribution >= 0.6 is 0 Å². The lowest BCUT2D eigenvalue weighted by molar-refractivity contribution is -0.00673. The Hall–Kier alpha value is -1.69. The second kappa shape index (κ2) is 5.58. The SMILES string of the molecule is CCOC1CC(NC(=O)Nc2ccnnc2)C1. The van der Waals surface area contributed by atoms with Gasteiger partial charge < -0.3 is 15.4 Å². The highest BCUT2D eigenvalue weighted by molar-refractivity contribution is 5.89. The summed E-state index contributed by atoms with van der Waals surface area (Å²) < 4.78 is 5.42. The van der Waals surface area contributed by atoms with Crippen LogP contribution < -0.4 is 10.6 Å². The quantitative estimate of drug-likeness (QED) is 0.822. The molecular weight excluding hydrogens is 220 g/mol. The largest absolute Gasteiger partial charge is 0.378 e. The minimum atomic E-state index is -0.210. The smallest absolute Gasteiger partial charge is 0.319 e.